The first kappa shape index (κ1) is 15.8. The molecule has 0 aromatic carbocycles. The maximum atomic E-state index is 11.7. The van der Waals surface area contributed by atoms with Crippen LogP contribution in [0.1, 0.15) is 52.0 Å². The Kier molecular flexibility index (Phi) is 5.22. The molecule has 0 radical (unpaired) electrons. The molecule has 1 saturated carbocycles. The number of carbonyl (C=O) groups is 1. The van der Waals surface area contributed by atoms with Gasteiger partial charge in [-0.3, -0.25) is 5.10 Å². The standard InChI is InChI=1S/C15H26N4O2/c1-15(2,3)21-14(20)19-13-6-4-12(5-7-13)16-8-11-9-17-18-10-11/h9-10,12-13,16H,4-8H2,1-3H3,(H,17,18)(H,19,20). The van der Waals surface area contributed by atoms with E-state index in [4.69, 9.17) is 4.74 Å². The zero-order chi connectivity index (χ0) is 15.3. The van der Waals surface area contributed by atoms with E-state index in [-0.39, 0.29) is 12.1 Å². The average Bonchev–Trinajstić information content (AvgIpc) is 2.89. The minimum Gasteiger partial charge on any atom is -0.444 e. The quantitative estimate of drug-likeness (QED) is 0.796. The molecule has 118 valence electrons. The van der Waals surface area contributed by atoms with Crippen molar-refractivity contribution in [2.45, 2.75) is 70.7 Å². The second-order valence-electron chi connectivity index (χ2n) is 6.68. The number of amides is 1. The fourth-order valence-electron chi connectivity index (χ4n) is 2.55. The van der Waals surface area contributed by atoms with Crippen LogP contribution >= 0.6 is 0 Å². The molecule has 0 saturated heterocycles. The number of rotatable bonds is 4. The summed E-state index contributed by atoms with van der Waals surface area (Å²) < 4.78 is 5.29. The second-order valence-corrected chi connectivity index (χ2v) is 6.68. The van der Waals surface area contributed by atoms with Gasteiger partial charge in [-0.25, -0.2) is 4.79 Å². The fourth-order valence-corrected chi connectivity index (χ4v) is 2.55. The van der Waals surface area contributed by atoms with E-state index >= 15 is 0 Å². The highest BCUT2D eigenvalue weighted by molar-refractivity contribution is 5.68. The van der Waals surface area contributed by atoms with Crippen LogP contribution in [0.15, 0.2) is 12.4 Å². The van der Waals surface area contributed by atoms with E-state index in [9.17, 15) is 4.79 Å². The summed E-state index contributed by atoms with van der Waals surface area (Å²) in [5, 5.41) is 13.2. The second kappa shape index (κ2) is 6.93. The molecule has 6 heteroatoms. The molecule has 0 spiro atoms. The molecule has 0 unspecified atom stereocenters. The molecule has 1 amide bonds. The Balaban J connectivity index is 1.65. The minimum atomic E-state index is -0.437. The van der Waals surface area contributed by atoms with Gasteiger partial charge in [-0.2, -0.15) is 5.10 Å². The Labute approximate surface area is 126 Å². The topological polar surface area (TPSA) is 79.0 Å². The summed E-state index contributed by atoms with van der Waals surface area (Å²) >= 11 is 0. The highest BCUT2D eigenvalue weighted by Crippen LogP contribution is 2.19. The van der Waals surface area contributed by atoms with Crippen molar-refractivity contribution in [2.24, 2.45) is 0 Å². The number of hydrogen-bond donors (Lipinski definition) is 3. The molecule has 1 aromatic heterocycles. The summed E-state index contributed by atoms with van der Waals surface area (Å²) in [6, 6.07) is 0.739. The highest BCUT2D eigenvalue weighted by Gasteiger charge is 2.24. The summed E-state index contributed by atoms with van der Waals surface area (Å²) in [5.41, 5.74) is 0.733. The van der Waals surface area contributed by atoms with Crippen molar-refractivity contribution in [1.82, 2.24) is 20.8 Å². The molecule has 1 aliphatic rings. The van der Waals surface area contributed by atoms with E-state index in [1.165, 1.54) is 5.56 Å². The van der Waals surface area contributed by atoms with Gasteiger partial charge in [0.25, 0.3) is 0 Å². The van der Waals surface area contributed by atoms with Crippen molar-refractivity contribution in [2.75, 3.05) is 0 Å². The van der Waals surface area contributed by atoms with Crippen LogP contribution in [0.25, 0.3) is 0 Å². The van der Waals surface area contributed by atoms with Gasteiger partial charge in [-0.1, -0.05) is 0 Å². The van der Waals surface area contributed by atoms with Crippen LogP contribution in [0.5, 0.6) is 0 Å². The SMILES string of the molecule is CC(C)(C)OC(=O)NC1CCC(NCc2cn[nH]c2)CC1. The van der Waals surface area contributed by atoms with E-state index < -0.39 is 5.60 Å². The maximum absolute atomic E-state index is 11.7. The number of nitrogens with one attached hydrogen (secondary N) is 3. The summed E-state index contributed by atoms with van der Waals surface area (Å²) in [6.07, 6.45) is 7.55. The molecule has 1 fully saturated rings. The molecule has 0 atom stereocenters. The summed E-state index contributed by atoms with van der Waals surface area (Å²) in [5.74, 6) is 0. The van der Waals surface area contributed by atoms with Crippen LogP contribution in [0.2, 0.25) is 0 Å². The normalized spacial score (nSPS) is 22.8. The lowest BCUT2D eigenvalue weighted by molar-refractivity contribution is 0.0490. The van der Waals surface area contributed by atoms with E-state index in [0.29, 0.717) is 6.04 Å². The Morgan fingerprint density at radius 1 is 1.33 bits per heavy atom. The fraction of sp³-hybridized carbons (Fsp3) is 0.733. The van der Waals surface area contributed by atoms with E-state index in [1.54, 1.807) is 0 Å². The number of aromatic nitrogens is 2. The number of carbonyl (C=O) groups excluding carboxylic acids is 1. The first-order valence-corrected chi connectivity index (χ1v) is 7.63. The Hall–Kier alpha value is -1.56. The molecular formula is C15H26N4O2. The van der Waals surface area contributed by atoms with Crippen molar-refractivity contribution in [1.29, 1.82) is 0 Å². The molecule has 1 aromatic rings. The Morgan fingerprint density at radius 2 is 2.00 bits per heavy atom. The first-order valence-electron chi connectivity index (χ1n) is 7.63. The first-order chi connectivity index (χ1) is 9.92. The van der Waals surface area contributed by atoms with Crippen molar-refractivity contribution in [3.8, 4) is 0 Å². The summed E-state index contributed by atoms with van der Waals surface area (Å²) in [6.45, 7) is 6.47. The van der Waals surface area contributed by atoms with Gasteiger partial charge >= 0.3 is 6.09 Å². The Morgan fingerprint density at radius 3 is 2.57 bits per heavy atom. The predicted molar refractivity (Wildman–Crippen MR) is 80.8 cm³/mol. The van der Waals surface area contributed by atoms with Crippen LogP contribution in [0.3, 0.4) is 0 Å². The zero-order valence-electron chi connectivity index (χ0n) is 13.1. The molecular weight excluding hydrogens is 268 g/mol. The third-order valence-corrected chi connectivity index (χ3v) is 3.60. The van der Waals surface area contributed by atoms with Gasteiger partial charge in [0, 0.05) is 30.4 Å². The predicted octanol–water partition coefficient (Wildman–Crippen LogP) is 2.34. The van der Waals surface area contributed by atoms with Crippen LogP contribution < -0.4 is 10.6 Å². The lowest BCUT2D eigenvalue weighted by Gasteiger charge is -2.30. The van der Waals surface area contributed by atoms with Crippen LogP contribution in [0, 0.1) is 0 Å². The van der Waals surface area contributed by atoms with E-state index in [1.807, 2.05) is 33.2 Å². The third kappa shape index (κ3) is 5.75. The molecule has 1 aliphatic carbocycles. The van der Waals surface area contributed by atoms with Crippen LogP contribution in [0.4, 0.5) is 4.79 Å². The van der Waals surface area contributed by atoms with E-state index in [0.717, 1.165) is 32.2 Å². The average molecular weight is 294 g/mol. The van der Waals surface area contributed by atoms with Gasteiger partial charge in [-0.05, 0) is 46.5 Å². The molecule has 21 heavy (non-hydrogen) atoms. The lowest BCUT2D eigenvalue weighted by atomic mass is 9.91. The summed E-state index contributed by atoms with van der Waals surface area (Å²) in [4.78, 5) is 11.7. The molecule has 3 N–H and O–H groups in total. The van der Waals surface area contributed by atoms with Crippen molar-refractivity contribution in [3.63, 3.8) is 0 Å². The lowest BCUT2D eigenvalue weighted by Crippen LogP contribution is -2.43. The zero-order valence-corrected chi connectivity index (χ0v) is 13.1. The number of hydrogen-bond acceptors (Lipinski definition) is 4. The van der Waals surface area contributed by atoms with Crippen molar-refractivity contribution < 1.29 is 9.53 Å². The molecule has 0 aliphatic heterocycles. The van der Waals surface area contributed by atoms with Gasteiger partial charge in [-0.15, -0.1) is 0 Å². The molecule has 2 rings (SSSR count). The molecule has 0 bridgehead atoms. The Bertz CT molecular complexity index is 431. The smallest absolute Gasteiger partial charge is 0.407 e. The summed E-state index contributed by atoms with van der Waals surface area (Å²) in [7, 11) is 0. The number of alkyl carbamates (subject to hydrolysis) is 1. The van der Waals surface area contributed by atoms with E-state index in [2.05, 4.69) is 20.8 Å². The third-order valence-electron chi connectivity index (χ3n) is 3.60. The number of aromatic amines is 1. The minimum absolute atomic E-state index is 0.229. The van der Waals surface area contributed by atoms with Gasteiger partial charge in [0.2, 0.25) is 0 Å². The van der Waals surface area contributed by atoms with Gasteiger partial charge in [0.15, 0.2) is 0 Å². The number of H-pyrrole nitrogens is 1. The van der Waals surface area contributed by atoms with Crippen LogP contribution in [-0.4, -0.2) is 34.0 Å². The van der Waals surface area contributed by atoms with Gasteiger partial charge < -0.3 is 15.4 Å². The van der Waals surface area contributed by atoms with Crippen molar-refractivity contribution in [3.05, 3.63) is 18.0 Å². The molecule has 6 nitrogen and oxygen atoms in total. The van der Waals surface area contributed by atoms with Gasteiger partial charge in [0.1, 0.15) is 5.60 Å². The largest absolute Gasteiger partial charge is 0.444 e. The number of ether oxygens (including phenoxy) is 1. The van der Waals surface area contributed by atoms with Crippen molar-refractivity contribution >= 4 is 6.09 Å². The highest BCUT2D eigenvalue weighted by atomic mass is 16.6. The monoisotopic (exact) mass is 294 g/mol. The number of nitrogens with zero attached hydrogens (tertiary/aromatic N) is 1. The van der Waals surface area contributed by atoms with Gasteiger partial charge in [0.05, 0.1) is 6.20 Å². The van der Waals surface area contributed by atoms with Crippen LogP contribution in [-0.2, 0) is 11.3 Å². The maximum Gasteiger partial charge on any atom is 0.407 e. The molecule has 1 heterocycles.